The second-order valence-corrected chi connectivity index (χ2v) is 10.4. The van der Waals surface area contributed by atoms with Gasteiger partial charge in [0.05, 0.1) is 0 Å². The molecule has 1 rings (SSSR count). The lowest BCUT2D eigenvalue weighted by atomic mass is 9.74. The zero-order valence-corrected chi connectivity index (χ0v) is 23.0. The van der Waals surface area contributed by atoms with Crippen molar-refractivity contribution in [3.05, 3.63) is 0 Å². The van der Waals surface area contributed by atoms with Gasteiger partial charge in [0.25, 0.3) is 0 Å². The number of carbonyl (C=O) groups is 2. The Kier molecular flexibility index (Phi) is 15.0. The summed E-state index contributed by atoms with van der Waals surface area (Å²) in [5.74, 6) is -0.0509. The van der Waals surface area contributed by atoms with Gasteiger partial charge in [0, 0.05) is 32.9 Å². The third kappa shape index (κ3) is 9.49. The number of unbranched alkanes of at least 4 members (excludes halogenated alkanes) is 3. The quantitative estimate of drug-likeness (QED) is 0.152. The van der Waals surface area contributed by atoms with Crippen molar-refractivity contribution in [2.24, 2.45) is 10.8 Å². The van der Waals surface area contributed by atoms with Crippen molar-refractivity contribution >= 4 is 11.9 Å². The SMILES string of the molecule is CCN1CC(=O)N(CC(CC)(CC)CCCCOCCCCC(CC)(CC)CCCCO)C1=O. The van der Waals surface area contributed by atoms with E-state index in [0.717, 1.165) is 64.6 Å². The summed E-state index contributed by atoms with van der Waals surface area (Å²) in [5, 5.41) is 9.07. The summed E-state index contributed by atoms with van der Waals surface area (Å²) in [5.41, 5.74) is 0.444. The average Bonchev–Trinajstić information content (AvgIpc) is 3.13. The van der Waals surface area contributed by atoms with Crippen LogP contribution >= 0.6 is 0 Å². The van der Waals surface area contributed by atoms with Gasteiger partial charge in [0.1, 0.15) is 6.54 Å². The van der Waals surface area contributed by atoms with Gasteiger partial charge in [-0.2, -0.15) is 0 Å². The van der Waals surface area contributed by atoms with Gasteiger partial charge in [-0.15, -0.1) is 0 Å². The Labute approximate surface area is 209 Å². The van der Waals surface area contributed by atoms with E-state index in [9.17, 15) is 9.59 Å². The first kappa shape index (κ1) is 30.9. The monoisotopic (exact) mass is 482 g/mol. The van der Waals surface area contributed by atoms with Crippen LogP contribution in [0.4, 0.5) is 4.79 Å². The number of aliphatic hydroxyl groups is 1. The van der Waals surface area contributed by atoms with Crippen LogP contribution < -0.4 is 0 Å². The number of rotatable bonds is 21. The van der Waals surface area contributed by atoms with E-state index < -0.39 is 0 Å². The first-order chi connectivity index (χ1) is 16.4. The number of urea groups is 1. The molecule has 34 heavy (non-hydrogen) atoms. The number of ether oxygens (including phenoxy) is 1. The van der Waals surface area contributed by atoms with E-state index in [4.69, 9.17) is 9.84 Å². The Morgan fingerprint density at radius 2 is 1.26 bits per heavy atom. The standard InChI is InChI=1S/C28H54N2O4/c1-6-27(7-2,17-11-14-20-31)18-12-15-21-34-22-16-13-19-28(8-3,9-4)24-30-25(32)23-29(10-5)26(30)33/h31H,6-24H2,1-5H3. The minimum Gasteiger partial charge on any atom is -0.396 e. The van der Waals surface area contributed by atoms with Gasteiger partial charge in [0.2, 0.25) is 5.91 Å². The molecule has 0 aromatic carbocycles. The topological polar surface area (TPSA) is 70.1 Å². The highest BCUT2D eigenvalue weighted by molar-refractivity contribution is 6.02. The molecule has 0 aromatic heterocycles. The summed E-state index contributed by atoms with van der Waals surface area (Å²) >= 11 is 0. The van der Waals surface area contributed by atoms with Crippen LogP contribution in [0.1, 0.15) is 118 Å². The highest BCUT2D eigenvalue weighted by Gasteiger charge is 2.40. The predicted octanol–water partition coefficient (Wildman–Crippen LogP) is 6.40. The van der Waals surface area contributed by atoms with Crippen molar-refractivity contribution in [1.82, 2.24) is 9.80 Å². The summed E-state index contributed by atoms with van der Waals surface area (Å²) in [6, 6.07) is -0.120. The molecule has 3 amide bonds. The smallest absolute Gasteiger partial charge is 0.327 e. The Balaban J connectivity index is 2.30. The third-order valence-corrected chi connectivity index (χ3v) is 8.61. The van der Waals surface area contributed by atoms with Gasteiger partial charge in [-0.3, -0.25) is 9.69 Å². The van der Waals surface area contributed by atoms with Crippen molar-refractivity contribution in [3.63, 3.8) is 0 Å². The molecule has 0 unspecified atom stereocenters. The van der Waals surface area contributed by atoms with Crippen LogP contribution in [0.2, 0.25) is 0 Å². The zero-order chi connectivity index (χ0) is 25.5. The van der Waals surface area contributed by atoms with Crippen LogP contribution in [0.25, 0.3) is 0 Å². The molecule has 1 fully saturated rings. The summed E-state index contributed by atoms with van der Waals surface area (Å²) in [7, 11) is 0. The largest absolute Gasteiger partial charge is 0.396 e. The normalized spacial score (nSPS) is 15.1. The third-order valence-electron chi connectivity index (χ3n) is 8.61. The minimum absolute atomic E-state index is 0.00866. The molecule has 1 N–H and O–H groups in total. The molecule has 0 aliphatic carbocycles. The fourth-order valence-corrected chi connectivity index (χ4v) is 5.44. The number of amides is 3. The van der Waals surface area contributed by atoms with Crippen LogP contribution in [0, 0.1) is 10.8 Å². The number of aliphatic hydroxyl groups excluding tert-OH is 1. The first-order valence-electron chi connectivity index (χ1n) is 14.1. The van der Waals surface area contributed by atoms with Gasteiger partial charge >= 0.3 is 6.03 Å². The van der Waals surface area contributed by atoms with E-state index in [1.807, 2.05) is 6.92 Å². The Bertz CT molecular complexity index is 573. The molecule has 1 aliphatic heterocycles. The number of likely N-dealkylation sites (N-methyl/N-ethyl adjacent to an activating group) is 1. The molecule has 0 radical (unpaired) electrons. The molecule has 6 heteroatoms. The van der Waals surface area contributed by atoms with Gasteiger partial charge in [-0.1, -0.05) is 59.8 Å². The van der Waals surface area contributed by atoms with Crippen LogP contribution in [-0.2, 0) is 9.53 Å². The Morgan fingerprint density at radius 1 is 0.765 bits per heavy atom. The molecular formula is C28H54N2O4. The molecule has 0 spiro atoms. The molecule has 0 bridgehead atoms. The zero-order valence-electron chi connectivity index (χ0n) is 23.0. The number of carbonyl (C=O) groups excluding carboxylic acids is 2. The maximum Gasteiger partial charge on any atom is 0.327 e. The molecule has 1 aliphatic rings. The van der Waals surface area contributed by atoms with Crippen molar-refractivity contribution in [3.8, 4) is 0 Å². The number of hydrogen-bond donors (Lipinski definition) is 1. The summed E-state index contributed by atoms with van der Waals surface area (Å²) < 4.78 is 5.93. The van der Waals surface area contributed by atoms with E-state index in [-0.39, 0.29) is 23.9 Å². The van der Waals surface area contributed by atoms with E-state index in [1.54, 1.807) is 4.90 Å². The first-order valence-corrected chi connectivity index (χ1v) is 14.1. The van der Waals surface area contributed by atoms with Gasteiger partial charge in [-0.05, 0) is 69.1 Å². The molecular weight excluding hydrogens is 428 g/mol. The molecule has 0 atom stereocenters. The summed E-state index contributed by atoms with van der Waals surface area (Å²) in [6.45, 7) is 14.2. The lowest BCUT2D eigenvalue weighted by Gasteiger charge is -2.35. The number of hydrogen-bond acceptors (Lipinski definition) is 4. The Hall–Kier alpha value is -1.14. The second kappa shape index (κ2) is 16.5. The van der Waals surface area contributed by atoms with Crippen LogP contribution in [0.5, 0.6) is 0 Å². The second-order valence-electron chi connectivity index (χ2n) is 10.4. The van der Waals surface area contributed by atoms with Crippen molar-refractivity contribution in [2.75, 3.05) is 39.5 Å². The fraction of sp³-hybridized carbons (Fsp3) is 0.929. The molecule has 1 saturated heterocycles. The molecule has 1 heterocycles. The summed E-state index contributed by atoms with van der Waals surface area (Å²) in [6.07, 6.45) is 14.4. The van der Waals surface area contributed by atoms with E-state index in [0.29, 0.717) is 25.1 Å². The fourth-order valence-electron chi connectivity index (χ4n) is 5.44. The highest BCUT2D eigenvalue weighted by Crippen LogP contribution is 2.38. The van der Waals surface area contributed by atoms with Gasteiger partial charge < -0.3 is 14.7 Å². The lowest BCUT2D eigenvalue weighted by molar-refractivity contribution is -0.126. The predicted molar refractivity (Wildman–Crippen MR) is 140 cm³/mol. The maximum absolute atomic E-state index is 12.5. The van der Waals surface area contributed by atoms with Gasteiger partial charge in [-0.25, -0.2) is 4.79 Å². The van der Waals surface area contributed by atoms with Crippen molar-refractivity contribution in [1.29, 1.82) is 0 Å². The van der Waals surface area contributed by atoms with Gasteiger partial charge in [0.15, 0.2) is 0 Å². The van der Waals surface area contributed by atoms with Crippen LogP contribution in [0.15, 0.2) is 0 Å². The molecule has 6 nitrogen and oxygen atoms in total. The minimum atomic E-state index is -0.120. The average molecular weight is 483 g/mol. The lowest BCUT2D eigenvalue weighted by Crippen LogP contribution is -2.41. The number of imide groups is 1. The molecule has 200 valence electrons. The van der Waals surface area contributed by atoms with Crippen molar-refractivity contribution < 1.29 is 19.4 Å². The molecule has 0 aromatic rings. The molecule has 0 saturated carbocycles. The Morgan fingerprint density at radius 3 is 1.71 bits per heavy atom. The van der Waals surface area contributed by atoms with E-state index in [1.165, 1.54) is 37.0 Å². The van der Waals surface area contributed by atoms with Crippen LogP contribution in [0.3, 0.4) is 0 Å². The van der Waals surface area contributed by atoms with E-state index >= 15 is 0 Å². The van der Waals surface area contributed by atoms with E-state index in [2.05, 4.69) is 27.7 Å². The number of nitrogens with zero attached hydrogens (tertiary/aromatic N) is 2. The maximum atomic E-state index is 12.5. The summed E-state index contributed by atoms with van der Waals surface area (Å²) in [4.78, 5) is 28.0. The van der Waals surface area contributed by atoms with Crippen molar-refractivity contribution in [2.45, 2.75) is 118 Å². The highest BCUT2D eigenvalue weighted by atomic mass is 16.5. The van der Waals surface area contributed by atoms with Crippen LogP contribution in [-0.4, -0.2) is 66.3 Å².